The van der Waals surface area contributed by atoms with Crippen molar-refractivity contribution in [3.05, 3.63) is 17.9 Å². The Bertz CT molecular complexity index is 756. The Morgan fingerprint density at radius 2 is 1.88 bits per heavy atom. The number of hydrogen-bond acceptors (Lipinski definition) is 6. The number of fused-ring (bicyclic) bond motifs is 1. The molecule has 4 rings (SSSR count). The van der Waals surface area contributed by atoms with Gasteiger partial charge in [-0.25, -0.2) is 8.42 Å². The quantitative estimate of drug-likeness (QED) is 0.821. The zero-order chi connectivity index (χ0) is 18.1. The molecule has 0 aromatic carbocycles. The van der Waals surface area contributed by atoms with Crippen molar-refractivity contribution in [2.45, 2.75) is 42.9 Å². The van der Waals surface area contributed by atoms with Gasteiger partial charge in [0.1, 0.15) is 0 Å². The monoisotopic (exact) mass is 383 g/mol. The molecule has 3 fully saturated rings. The van der Waals surface area contributed by atoms with Crippen LogP contribution in [-0.2, 0) is 14.8 Å². The Hall–Kier alpha value is -1.42. The Morgan fingerprint density at radius 1 is 1.08 bits per heavy atom. The van der Waals surface area contributed by atoms with Crippen molar-refractivity contribution in [1.82, 2.24) is 14.5 Å². The zero-order valence-corrected chi connectivity index (χ0v) is 15.5. The molecule has 4 heterocycles. The molecule has 0 saturated carbocycles. The summed E-state index contributed by atoms with van der Waals surface area (Å²) in [6.45, 7) is 3.43. The van der Waals surface area contributed by atoms with Gasteiger partial charge in [0.15, 0.2) is 5.76 Å². The molecule has 1 amide bonds. The molecule has 144 valence electrons. The first kappa shape index (κ1) is 18.0. The second-order valence-electron chi connectivity index (χ2n) is 7.10. The third kappa shape index (κ3) is 3.40. The number of carbonyl (C=O) groups excluding carboxylic acids is 1. The second-order valence-corrected chi connectivity index (χ2v) is 8.97. The van der Waals surface area contributed by atoms with Gasteiger partial charge < -0.3 is 14.5 Å². The number of ether oxygens (including phenoxy) is 1. The molecule has 0 bridgehead atoms. The molecule has 1 aromatic rings. The second kappa shape index (κ2) is 7.30. The van der Waals surface area contributed by atoms with E-state index < -0.39 is 10.0 Å². The minimum atomic E-state index is -3.72. The van der Waals surface area contributed by atoms with E-state index in [0.717, 1.165) is 25.9 Å². The van der Waals surface area contributed by atoms with Crippen LogP contribution >= 0.6 is 0 Å². The van der Waals surface area contributed by atoms with Crippen LogP contribution in [0.1, 0.15) is 36.2 Å². The highest BCUT2D eigenvalue weighted by Crippen LogP contribution is 2.27. The standard InChI is InChI=1S/C17H25N3O5S/c21-17(18-13-6-8-19-7-2-1-3-14(13)19)15-4-5-16(25-15)26(22,23)20-9-11-24-12-10-20/h4-5,13-14H,1-3,6-12H2,(H,18,21)/t13-,14-/m1/s1. The number of rotatable bonds is 4. The van der Waals surface area contributed by atoms with Gasteiger partial charge in [-0.1, -0.05) is 6.42 Å². The Labute approximate surface area is 153 Å². The van der Waals surface area contributed by atoms with Crippen LogP contribution in [0.25, 0.3) is 0 Å². The molecular formula is C17H25N3O5S. The van der Waals surface area contributed by atoms with E-state index in [1.54, 1.807) is 0 Å². The molecule has 1 N–H and O–H groups in total. The lowest BCUT2D eigenvalue weighted by Gasteiger charge is -2.32. The average Bonchev–Trinajstić information content (AvgIpc) is 3.31. The van der Waals surface area contributed by atoms with E-state index in [2.05, 4.69) is 10.2 Å². The van der Waals surface area contributed by atoms with Gasteiger partial charge in [-0.05, 0) is 37.9 Å². The first-order chi connectivity index (χ1) is 12.6. The minimum absolute atomic E-state index is 0.0473. The average molecular weight is 383 g/mol. The number of nitrogens with zero attached hydrogens (tertiary/aromatic N) is 2. The van der Waals surface area contributed by atoms with E-state index in [1.807, 2.05) is 0 Å². The van der Waals surface area contributed by atoms with Crippen LogP contribution in [0.3, 0.4) is 0 Å². The largest absolute Gasteiger partial charge is 0.438 e. The Morgan fingerprint density at radius 3 is 2.69 bits per heavy atom. The highest BCUT2D eigenvalue weighted by Gasteiger charge is 2.37. The Kier molecular flexibility index (Phi) is 5.05. The van der Waals surface area contributed by atoms with Gasteiger partial charge in [0.05, 0.1) is 13.2 Å². The number of carbonyl (C=O) groups is 1. The number of piperidine rings is 1. The van der Waals surface area contributed by atoms with E-state index in [1.165, 1.54) is 29.3 Å². The number of hydrogen-bond donors (Lipinski definition) is 1. The summed E-state index contributed by atoms with van der Waals surface area (Å²) in [5.74, 6) is -0.294. The first-order valence-corrected chi connectivity index (χ1v) is 10.7. The van der Waals surface area contributed by atoms with Gasteiger partial charge in [-0.15, -0.1) is 0 Å². The summed E-state index contributed by atoms with van der Waals surface area (Å²) in [5, 5.41) is 2.85. The van der Waals surface area contributed by atoms with Crippen LogP contribution in [0.15, 0.2) is 21.6 Å². The van der Waals surface area contributed by atoms with Crippen LogP contribution < -0.4 is 5.32 Å². The summed E-state index contributed by atoms with van der Waals surface area (Å²) < 4.78 is 37.1. The van der Waals surface area contributed by atoms with Crippen molar-refractivity contribution in [1.29, 1.82) is 0 Å². The number of nitrogens with one attached hydrogen (secondary N) is 1. The fourth-order valence-corrected chi connectivity index (χ4v) is 5.47. The van der Waals surface area contributed by atoms with E-state index in [-0.39, 0.29) is 22.8 Å². The molecule has 0 radical (unpaired) electrons. The third-order valence-electron chi connectivity index (χ3n) is 5.54. The molecule has 0 aliphatic carbocycles. The lowest BCUT2D eigenvalue weighted by atomic mass is 9.99. The van der Waals surface area contributed by atoms with Crippen LogP contribution in [-0.4, -0.2) is 75.0 Å². The van der Waals surface area contributed by atoms with Gasteiger partial charge in [0, 0.05) is 31.7 Å². The number of furan rings is 1. The molecule has 0 unspecified atom stereocenters. The summed E-state index contributed by atoms with van der Waals surface area (Å²) in [6.07, 6.45) is 4.43. The molecule has 3 aliphatic rings. The lowest BCUT2D eigenvalue weighted by Crippen LogP contribution is -2.46. The van der Waals surface area contributed by atoms with Crippen LogP contribution in [0.4, 0.5) is 0 Å². The highest BCUT2D eigenvalue weighted by molar-refractivity contribution is 7.89. The summed E-state index contributed by atoms with van der Waals surface area (Å²) >= 11 is 0. The fraction of sp³-hybridized carbons (Fsp3) is 0.706. The van der Waals surface area contributed by atoms with Crippen molar-refractivity contribution in [2.24, 2.45) is 0 Å². The normalized spacial score (nSPS) is 28.0. The SMILES string of the molecule is O=C(N[C@@H]1CCN2CCCC[C@H]12)c1ccc(S(=O)(=O)N2CCOCC2)o1. The molecule has 0 spiro atoms. The van der Waals surface area contributed by atoms with Gasteiger partial charge >= 0.3 is 0 Å². The zero-order valence-electron chi connectivity index (χ0n) is 14.7. The minimum Gasteiger partial charge on any atom is -0.438 e. The van der Waals surface area contributed by atoms with Gasteiger partial charge in [-0.3, -0.25) is 9.69 Å². The van der Waals surface area contributed by atoms with Crippen molar-refractivity contribution in [3.8, 4) is 0 Å². The topological polar surface area (TPSA) is 92.1 Å². The van der Waals surface area contributed by atoms with Crippen molar-refractivity contribution < 1.29 is 22.4 Å². The van der Waals surface area contributed by atoms with Crippen LogP contribution in [0, 0.1) is 0 Å². The highest BCUT2D eigenvalue weighted by atomic mass is 32.2. The molecule has 9 heteroatoms. The van der Waals surface area contributed by atoms with Gasteiger partial charge in [0.25, 0.3) is 15.9 Å². The Balaban J connectivity index is 1.43. The predicted octanol–water partition coefficient (Wildman–Crippen LogP) is 0.657. The van der Waals surface area contributed by atoms with E-state index in [0.29, 0.717) is 32.3 Å². The van der Waals surface area contributed by atoms with Crippen molar-refractivity contribution >= 4 is 15.9 Å². The summed E-state index contributed by atoms with van der Waals surface area (Å²) in [6, 6.07) is 3.30. The molecule has 3 aliphatic heterocycles. The maximum absolute atomic E-state index is 12.6. The predicted molar refractivity (Wildman–Crippen MR) is 93.4 cm³/mol. The van der Waals surface area contributed by atoms with Gasteiger partial charge in [-0.2, -0.15) is 4.31 Å². The first-order valence-electron chi connectivity index (χ1n) is 9.28. The third-order valence-corrected chi connectivity index (χ3v) is 7.31. The maximum atomic E-state index is 12.6. The molecule has 3 saturated heterocycles. The lowest BCUT2D eigenvalue weighted by molar-refractivity contribution is 0.0722. The molecule has 8 nitrogen and oxygen atoms in total. The fourth-order valence-electron chi connectivity index (χ4n) is 4.15. The summed E-state index contributed by atoms with van der Waals surface area (Å²) in [4.78, 5) is 15.0. The number of amides is 1. The van der Waals surface area contributed by atoms with Crippen molar-refractivity contribution in [3.63, 3.8) is 0 Å². The van der Waals surface area contributed by atoms with E-state index in [4.69, 9.17) is 9.15 Å². The maximum Gasteiger partial charge on any atom is 0.287 e. The summed E-state index contributed by atoms with van der Waals surface area (Å²) in [7, 11) is -3.72. The van der Waals surface area contributed by atoms with Crippen molar-refractivity contribution in [2.75, 3.05) is 39.4 Å². The summed E-state index contributed by atoms with van der Waals surface area (Å²) in [5.41, 5.74) is 0. The van der Waals surface area contributed by atoms with E-state index in [9.17, 15) is 13.2 Å². The molecule has 26 heavy (non-hydrogen) atoms. The number of morpholine rings is 1. The van der Waals surface area contributed by atoms with E-state index >= 15 is 0 Å². The molecule has 1 aromatic heterocycles. The van der Waals surface area contributed by atoms with Crippen LogP contribution in [0.2, 0.25) is 0 Å². The molecular weight excluding hydrogens is 358 g/mol. The number of sulfonamides is 1. The molecule has 2 atom stereocenters. The van der Waals surface area contributed by atoms with Crippen LogP contribution in [0.5, 0.6) is 0 Å². The smallest absolute Gasteiger partial charge is 0.287 e. The van der Waals surface area contributed by atoms with Gasteiger partial charge in [0.2, 0.25) is 5.09 Å².